The number of hydrogen-bond acceptors (Lipinski definition) is 4. The molecule has 6 heteroatoms. The standard InChI is InChI=1S/C19H20FNO4/c20-17-9-6-16(7-10-17)8-11-19(23)25-15-13-21(24,12-14-22)18-4-2-1-3-5-18/h1-11,22H,12-15H2/b11-8+/t21-/m0/s1. The van der Waals surface area contributed by atoms with Crippen molar-refractivity contribution in [1.29, 1.82) is 0 Å². The lowest BCUT2D eigenvalue weighted by Gasteiger charge is -2.41. The van der Waals surface area contributed by atoms with Gasteiger partial charge in [-0.25, -0.2) is 9.18 Å². The third kappa shape index (κ3) is 5.79. The maximum Gasteiger partial charge on any atom is 0.330 e. The van der Waals surface area contributed by atoms with Gasteiger partial charge in [0.05, 0.1) is 6.61 Å². The summed E-state index contributed by atoms with van der Waals surface area (Å²) in [6.45, 7) is -0.366. The number of hydrogen-bond donors (Lipinski definition) is 1. The van der Waals surface area contributed by atoms with E-state index >= 15 is 0 Å². The molecule has 0 saturated heterocycles. The first kappa shape index (κ1) is 18.8. The third-order valence-electron chi connectivity index (χ3n) is 3.67. The number of rotatable bonds is 8. The van der Waals surface area contributed by atoms with Crippen molar-refractivity contribution in [3.8, 4) is 0 Å². The highest BCUT2D eigenvalue weighted by Crippen LogP contribution is 2.20. The van der Waals surface area contributed by atoms with Gasteiger partial charge >= 0.3 is 5.97 Å². The first-order chi connectivity index (χ1) is 12.0. The second kappa shape index (κ2) is 9.08. The Balaban J connectivity index is 1.89. The van der Waals surface area contributed by atoms with Crippen LogP contribution in [0.25, 0.3) is 6.08 Å². The van der Waals surface area contributed by atoms with Crippen LogP contribution in [-0.2, 0) is 9.53 Å². The highest BCUT2D eigenvalue weighted by Gasteiger charge is 2.20. The quantitative estimate of drug-likeness (QED) is 0.346. The van der Waals surface area contributed by atoms with Gasteiger partial charge in [-0.2, -0.15) is 0 Å². The Bertz CT molecular complexity index is 703. The van der Waals surface area contributed by atoms with Gasteiger partial charge < -0.3 is 19.7 Å². The first-order valence-electron chi connectivity index (χ1n) is 7.88. The number of ether oxygens (including phenoxy) is 1. The Kier molecular flexibility index (Phi) is 6.82. The van der Waals surface area contributed by atoms with Gasteiger partial charge in [-0.3, -0.25) is 0 Å². The van der Waals surface area contributed by atoms with Gasteiger partial charge in [-0.1, -0.05) is 30.3 Å². The lowest BCUT2D eigenvalue weighted by molar-refractivity contribution is -0.137. The van der Waals surface area contributed by atoms with E-state index in [9.17, 15) is 14.4 Å². The van der Waals surface area contributed by atoms with E-state index in [1.54, 1.807) is 30.3 Å². The van der Waals surface area contributed by atoms with Crippen molar-refractivity contribution < 1.29 is 19.0 Å². The summed E-state index contributed by atoms with van der Waals surface area (Å²) in [4.78, 5) is 11.7. The second-order valence-corrected chi connectivity index (χ2v) is 5.45. The molecule has 0 unspecified atom stereocenters. The van der Waals surface area contributed by atoms with E-state index in [2.05, 4.69) is 0 Å². The number of carbonyl (C=O) groups is 1. The number of carbonyl (C=O) groups excluding carboxylic acids is 1. The molecule has 5 nitrogen and oxygen atoms in total. The van der Waals surface area contributed by atoms with Crippen LogP contribution in [-0.4, -0.2) is 37.4 Å². The highest BCUT2D eigenvalue weighted by atomic mass is 19.1. The van der Waals surface area contributed by atoms with Crippen molar-refractivity contribution in [1.82, 2.24) is 4.65 Å². The molecule has 0 heterocycles. The van der Waals surface area contributed by atoms with Gasteiger partial charge in [0.15, 0.2) is 0 Å². The number of para-hydroxylation sites is 1. The van der Waals surface area contributed by atoms with Crippen molar-refractivity contribution in [2.45, 2.75) is 0 Å². The molecule has 25 heavy (non-hydrogen) atoms. The molecule has 0 fully saturated rings. The molecule has 0 saturated carbocycles. The summed E-state index contributed by atoms with van der Waals surface area (Å²) in [7, 11) is 0. The Morgan fingerprint density at radius 3 is 2.44 bits per heavy atom. The van der Waals surface area contributed by atoms with Gasteiger partial charge in [0.1, 0.15) is 31.2 Å². The molecule has 0 aliphatic carbocycles. The normalized spacial score (nSPS) is 13.6. The molecule has 0 aliphatic heterocycles. The summed E-state index contributed by atoms with van der Waals surface area (Å²) in [5.41, 5.74) is 1.16. The van der Waals surface area contributed by atoms with E-state index in [1.807, 2.05) is 0 Å². The molecular weight excluding hydrogens is 325 g/mol. The van der Waals surface area contributed by atoms with E-state index in [-0.39, 0.29) is 32.1 Å². The zero-order chi connectivity index (χ0) is 18.1. The number of aliphatic hydroxyl groups is 1. The minimum Gasteiger partial charge on any atom is -0.627 e. The third-order valence-corrected chi connectivity index (χ3v) is 3.67. The first-order valence-corrected chi connectivity index (χ1v) is 7.88. The van der Waals surface area contributed by atoms with Gasteiger partial charge in [0.25, 0.3) is 0 Å². The molecular formula is C19H20FNO4. The zero-order valence-electron chi connectivity index (χ0n) is 13.7. The molecule has 132 valence electrons. The summed E-state index contributed by atoms with van der Waals surface area (Å²) >= 11 is 0. The van der Waals surface area contributed by atoms with E-state index < -0.39 is 10.6 Å². The SMILES string of the molecule is O=C(/C=C/c1ccc(F)cc1)OCC[N@@+]([O-])(CCO)c1ccccc1. The van der Waals surface area contributed by atoms with E-state index in [1.165, 1.54) is 36.4 Å². The number of hydroxylamine groups is 2. The van der Waals surface area contributed by atoms with Crippen LogP contribution in [0.1, 0.15) is 5.56 Å². The predicted molar refractivity (Wildman–Crippen MR) is 94.8 cm³/mol. The summed E-state index contributed by atoms with van der Waals surface area (Å²) in [5.74, 6) is -0.943. The van der Waals surface area contributed by atoms with Crippen LogP contribution in [0.15, 0.2) is 60.7 Å². The summed E-state index contributed by atoms with van der Waals surface area (Å²) in [6.07, 6.45) is 2.73. The smallest absolute Gasteiger partial charge is 0.330 e. The lowest BCUT2D eigenvalue weighted by atomic mass is 10.2. The maximum absolute atomic E-state index is 12.8. The van der Waals surface area contributed by atoms with Gasteiger partial charge in [0.2, 0.25) is 0 Å². The van der Waals surface area contributed by atoms with E-state index in [0.29, 0.717) is 11.3 Å². The van der Waals surface area contributed by atoms with Crippen molar-refractivity contribution in [2.75, 3.05) is 26.3 Å². The van der Waals surface area contributed by atoms with Crippen molar-refractivity contribution in [2.24, 2.45) is 0 Å². The summed E-state index contributed by atoms with van der Waals surface area (Å²) in [6, 6.07) is 14.3. The molecule has 0 aromatic heterocycles. The van der Waals surface area contributed by atoms with Crippen molar-refractivity contribution in [3.63, 3.8) is 0 Å². The highest BCUT2D eigenvalue weighted by molar-refractivity contribution is 5.87. The second-order valence-electron chi connectivity index (χ2n) is 5.45. The number of aliphatic hydroxyl groups excluding tert-OH is 1. The van der Waals surface area contributed by atoms with E-state index in [4.69, 9.17) is 9.84 Å². The molecule has 2 aromatic rings. The number of halogens is 1. The largest absolute Gasteiger partial charge is 0.627 e. The Morgan fingerprint density at radius 2 is 1.80 bits per heavy atom. The molecule has 0 radical (unpaired) electrons. The average Bonchev–Trinajstić information content (AvgIpc) is 2.62. The van der Waals surface area contributed by atoms with Crippen LogP contribution in [0, 0.1) is 11.0 Å². The van der Waals surface area contributed by atoms with Gasteiger partial charge in [-0.05, 0) is 35.9 Å². The van der Waals surface area contributed by atoms with Crippen molar-refractivity contribution in [3.05, 3.63) is 77.3 Å². The molecule has 0 aliphatic rings. The Hall–Kier alpha value is -2.54. The fourth-order valence-corrected chi connectivity index (χ4v) is 2.31. The topological polar surface area (TPSA) is 69.6 Å². The Morgan fingerprint density at radius 1 is 1.12 bits per heavy atom. The Labute approximate surface area is 145 Å². The lowest BCUT2D eigenvalue weighted by Crippen LogP contribution is -2.47. The van der Waals surface area contributed by atoms with Crippen LogP contribution in [0.5, 0.6) is 0 Å². The zero-order valence-corrected chi connectivity index (χ0v) is 13.7. The monoisotopic (exact) mass is 345 g/mol. The molecule has 0 spiro atoms. The molecule has 1 atom stereocenters. The number of esters is 1. The molecule has 0 amide bonds. The molecule has 0 bridgehead atoms. The molecule has 2 rings (SSSR count). The predicted octanol–water partition coefficient (Wildman–Crippen LogP) is 2.88. The van der Waals surface area contributed by atoms with Crippen LogP contribution in [0.2, 0.25) is 0 Å². The number of benzene rings is 2. The molecule has 2 aromatic carbocycles. The van der Waals surface area contributed by atoms with E-state index in [0.717, 1.165) is 0 Å². The van der Waals surface area contributed by atoms with Crippen LogP contribution < -0.4 is 4.65 Å². The van der Waals surface area contributed by atoms with Crippen LogP contribution in [0.4, 0.5) is 10.1 Å². The summed E-state index contributed by atoms with van der Waals surface area (Å²) < 4.78 is 17.1. The van der Waals surface area contributed by atoms with Gasteiger partial charge in [-0.15, -0.1) is 0 Å². The number of nitrogens with zero attached hydrogens (tertiary/aromatic N) is 1. The van der Waals surface area contributed by atoms with Gasteiger partial charge in [0, 0.05) is 6.08 Å². The minimum absolute atomic E-state index is 0.000696. The average molecular weight is 345 g/mol. The summed E-state index contributed by atoms with van der Waals surface area (Å²) in [5, 5.41) is 22.0. The van der Waals surface area contributed by atoms with Crippen LogP contribution in [0.3, 0.4) is 0 Å². The maximum atomic E-state index is 12.8. The minimum atomic E-state index is -0.772. The van der Waals surface area contributed by atoms with Crippen LogP contribution >= 0.6 is 0 Å². The molecule has 1 N–H and O–H groups in total. The fourth-order valence-electron chi connectivity index (χ4n) is 2.31. The number of quaternary nitrogens is 1. The fraction of sp³-hybridized carbons (Fsp3) is 0.211. The van der Waals surface area contributed by atoms with Crippen molar-refractivity contribution >= 4 is 17.7 Å².